The summed E-state index contributed by atoms with van der Waals surface area (Å²) in [6, 6.07) is 4.24. The Morgan fingerprint density at radius 2 is 1.03 bits per heavy atom. The first-order valence-corrected chi connectivity index (χ1v) is 13.8. The number of hydrogen-bond acceptors (Lipinski definition) is 6. The Morgan fingerprint density at radius 1 is 0.667 bits per heavy atom. The molecule has 0 aliphatic carbocycles. The van der Waals surface area contributed by atoms with Crippen LogP contribution in [-0.2, 0) is 29.9 Å². The van der Waals surface area contributed by atoms with E-state index >= 15 is 0 Å². The molecule has 0 amide bonds. The number of carbonyl (C=O) groups excluding carboxylic acids is 2. The first kappa shape index (κ1) is 31.8. The second-order valence-electron chi connectivity index (χ2n) is 10.6. The van der Waals surface area contributed by atoms with E-state index in [0.29, 0.717) is 39.3 Å². The van der Waals surface area contributed by atoms with E-state index in [1.54, 1.807) is 0 Å². The summed E-state index contributed by atoms with van der Waals surface area (Å²) in [4.78, 5) is 23.9. The standard InChI is InChI=1S/C30H50O6/c1-9-19-35-27(31)15-13-17-29(5,6)23-21-26(34-12-4)24(22-25(23)33-11-3)30(7,8)18-14-16-28(32)36-20-10-2/h21-22H,9-20H2,1-8H3. The molecule has 206 valence electrons. The lowest BCUT2D eigenvalue weighted by molar-refractivity contribution is -0.144. The molecule has 0 unspecified atom stereocenters. The van der Waals surface area contributed by atoms with Crippen molar-refractivity contribution in [3.8, 4) is 11.5 Å². The largest absolute Gasteiger partial charge is 0.494 e. The highest BCUT2D eigenvalue weighted by atomic mass is 16.5. The Morgan fingerprint density at radius 3 is 1.33 bits per heavy atom. The van der Waals surface area contributed by atoms with Gasteiger partial charge in [-0.15, -0.1) is 0 Å². The van der Waals surface area contributed by atoms with Gasteiger partial charge < -0.3 is 18.9 Å². The summed E-state index contributed by atoms with van der Waals surface area (Å²) < 4.78 is 22.7. The Hall–Kier alpha value is -2.24. The second-order valence-corrected chi connectivity index (χ2v) is 10.6. The van der Waals surface area contributed by atoms with Crippen LogP contribution in [0.15, 0.2) is 12.1 Å². The molecule has 6 heteroatoms. The van der Waals surface area contributed by atoms with E-state index in [2.05, 4.69) is 39.8 Å². The van der Waals surface area contributed by atoms with Crippen molar-refractivity contribution in [3.05, 3.63) is 23.3 Å². The average molecular weight is 507 g/mol. The topological polar surface area (TPSA) is 71.1 Å². The summed E-state index contributed by atoms with van der Waals surface area (Å²) in [7, 11) is 0. The van der Waals surface area contributed by atoms with Crippen LogP contribution in [0, 0.1) is 0 Å². The lowest BCUT2D eigenvalue weighted by Gasteiger charge is -2.32. The number of hydrogen-bond donors (Lipinski definition) is 0. The van der Waals surface area contributed by atoms with Crippen molar-refractivity contribution in [2.45, 2.75) is 118 Å². The van der Waals surface area contributed by atoms with Crippen LogP contribution in [0.3, 0.4) is 0 Å². The normalized spacial score (nSPS) is 11.8. The van der Waals surface area contributed by atoms with E-state index in [1.807, 2.05) is 27.7 Å². The maximum absolute atomic E-state index is 12.0. The van der Waals surface area contributed by atoms with Crippen molar-refractivity contribution in [3.63, 3.8) is 0 Å². The van der Waals surface area contributed by atoms with Crippen molar-refractivity contribution >= 4 is 11.9 Å². The Bertz CT molecular complexity index is 744. The van der Waals surface area contributed by atoms with Gasteiger partial charge in [-0.25, -0.2) is 0 Å². The van der Waals surface area contributed by atoms with Crippen LogP contribution in [0.25, 0.3) is 0 Å². The zero-order valence-electron chi connectivity index (χ0n) is 24.1. The third kappa shape index (κ3) is 10.4. The predicted molar refractivity (Wildman–Crippen MR) is 145 cm³/mol. The Balaban J connectivity index is 3.14. The molecule has 0 spiro atoms. The Labute approximate surface area is 219 Å². The summed E-state index contributed by atoms with van der Waals surface area (Å²) in [5, 5.41) is 0. The first-order valence-electron chi connectivity index (χ1n) is 13.8. The highest BCUT2D eigenvalue weighted by Gasteiger charge is 2.31. The van der Waals surface area contributed by atoms with Gasteiger partial charge in [0.05, 0.1) is 26.4 Å². The van der Waals surface area contributed by atoms with Gasteiger partial charge in [-0.1, -0.05) is 41.5 Å². The fourth-order valence-corrected chi connectivity index (χ4v) is 4.36. The molecule has 6 nitrogen and oxygen atoms in total. The van der Waals surface area contributed by atoms with Gasteiger partial charge in [0, 0.05) is 24.0 Å². The molecule has 36 heavy (non-hydrogen) atoms. The van der Waals surface area contributed by atoms with Gasteiger partial charge in [-0.2, -0.15) is 0 Å². The number of benzene rings is 1. The molecule has 1 aromatic rings. The summed E-state index contributed by atoms with van der Waals surface area (Å²) in [5.74, 6) is 1.43. The smallest absolute Gasteiger partial charge is 0.305 e. The molecule has 0 N–H and O–H groups in total. The van der Waals surface area contributed by atoms with E-state index in [4.69, 9.17) is 18.9 Å². The molecule has 0 heterocycles. The van der Waals surface area contributed by atoms with Crippen molar-refractivity contribution in [1.82, 2.24) is 0 Å². The molecular formula is C30H50O6. The van der Waals surface area contributed by atoms with Crippen LogP contribution in [0.1, 0.15) is 118 Å². The maximum Gasteiger partial charge on any atom is 0.305 e. The number of esters is 2. The minimum absolute atomic E-state index is 0.136. The highest BCUT2D eigenvalue weighted by Crippen LogP contribution is 2.44. The van der Waals surface area contributed by atoms with Crippen molar-refractivity contribution in [1.29, 1.82) is 0 Å². The minimum atomic E-state index is -0.215. The fraction of sp³-hybridized carbons (Fsp3) is 0.733. The number of carbonyl (C=O) groups is 2. The van der Waals surface area contributed by atoms with Gasteiger partial charge in [-0.3, -0.25) is 9.59 Å². The monoisotopic (exact) mass is 506 g/mol. The summed E-state index contributed by atoms with van der Waals surface area (Å²) in [6.07, 6.45) is 5.63. The third-order valence-electron chi connectivity index (χ3n) is 6.44. The van der Waals surface area contributed by atoms with Gasteiger partial charge in [-0.05, 0) is 75.3 Å². The van der Waals surface area contributed by atoms with Crippen molar-refractivity contribution < 1.29 is 28.5 Å². The van der Waals surface area contributed by atoms with Crippen LogP contribution in [0.2, 0.25) is 0 Å². The summed E-state index contributed by atoms with van der Waals surface area (Å²) in [6.45, 7) is 18.8. The third-order valence-corrected chi connectivity index (χ3v) is 6.44. The first-order chi connectivity index (χ1) is 17.0. The molecule has 0 aromatic heterocycles. The molecule has 1 aromatic carbocycles. The van der Waals surface area contributed by atoms with E-state index in [1.165, 1.54) is 0 Å². The zero-order chi connectivity index (χ0) is 27.2. The lowest BCUT2D eigenvalue weighted by Crippen LogP contribution is -2.23. The zero-order valence-corrected chi connectivity index (χ0v) is 24.1. The van der Waals surface area contributed by atoms with E-state index in [9.17, 15) is 9.59 Å². The lowest BCUT2D eigenvalue weighted by atomic mass is 9.75. The van der Waals surface area contributed by atoms with Crippen LogP contribution in [-0.4, -0.2) is 38.4 Å². The van der Waals surface area contributed by atoms with Gasteiger partial charge in [0.2, 0.25) is 0 Å². The van der Waals surface area contributed by atoms with E-state index < -0.39 is 0 Å². The molecule has 0 saturated carbocycles. The van der Waals surface area contributed by atoms with Crippen LogP contribution in [0.4, 0.5) is 0 Å². The molecule has 0 aliphatic rings. The van der Waals surface area contributed by atoms with Crippen molar-refractivity contribution in [2.75, 3.05) is 26.4 Å². The SMILES string of the molecule is CCCOC(=O)CCCC(C)(C)c1cc(OCC)c(C(C)(C)CCCC(=O)OCCC)cc1OCC. The summed E-state index contributed by atoms with van der Waals surface area (Å²) in [5.41, 5.74) is 1.73. The predicted octanol–water partition coefficient (Wildman–Crippen LogP) is 7.29. The van der Waals surface area contributed by atoms with Crippen LogP contribution >= 0.6 is 0 Å². The molecule has 1 rings (SSSR count). The molecule has 0 fully saturated rings. The van der Waals surface area contributed by atoms with E-state index in [0.717, 1.165) is 61.2 Å². The average Bonchev–Trinajstić information content (AvgIpc) is 2.82. The molecule has 0 radical (unpaired) electrons. The fourth-order valence-electron chi connectivity index (χ4n) is 4.36. The summed E-state index contributed by atoms with van der Waals surface area (Å²) >= 11 is 0. The maximum atomic E-state index is 12.0. The van der Waals surface area contributed by atoms with Gasteiger partial charge in [0.25, 0.3) is 0 Å². The van der Waals surface area contributed by atoms with Crippen molar-refractivity contribution in [2.24, 2.45) is 0 Å². The molecule has 0 saturated heterocycles. The quantitative estimate of drug-likeness (QED) is 0.195. The van der Waals surface area contributed by atoms with Crippen LogP contribution in [0.5, 0.6) is 11.5 Å². The highest BCUT2D eigenvalue weighted by molar-refractivity contribution is 5.69. The molecule has 0 bridgehead atoms. The second kappa shape index (κ2) is 15.8. The number of rotatable bonds is 18. The van der Waals surface area contributed by atoms with Crippen LogP contribution < -0.4 is 9.47 Å². The Kier molecular flexibility index (Phi) is 13.9. The van der Waals surface area contributed by atoms with Gasteiger partial charge >= 0.3 is 11.9 Å². The molecule has 0 aliphatic heterocycles. The van der Waals surface area contributed by atoms with Gasteiger partial charge in [0.15, 0.2) is 0 Å². The number of ether oxygens (including phenoxy) is 4. The minimum Gasteiger partial charge on any atom is -0.494 e. The van der Waals surface area contributed by atoms with E-state index in [-0.39, 0.29) is 22.8 Å². The van der Waals surface area contributed by atoms with Gasteiger partial charge in [0.1, 0.15) is 11.5 Å². The molecular weight excluding hydrogens is 456 g/mol. The molecule has 0 atom stereocenters.